The SMILES string of the molecule is Cc1cc(C(=O)NC2CCNCC2(C)C)ccc1-c1ccc(C[C@H](CC(=O)C2CCC(CN)CC2)C(=O)Nc2ccc(-c3nn[nH]n3)cc2)cc1. The standard InChI is InChI=1S/C40H50N8O3/c1-25-20-31(38(50)44-36-18-19-42-24-40(36,2)3)14-17-34(25)28-8-4-26(5-9-28)21-32(22-35(49)29-10-6-27(23-41)7-11-29)39(51)43-33-15-12-30(13-16-33)37-45-47-48-46-37/h4-5,8-9,12-17,20,27,29,32,36,42H,6-7,10-11,18-19,21-24,41H2,1-3H3,(H,43,51)(H,44,50)(H,45,46,47,48)/t27?,29?,32-,36?/m1/s1. The fourth-order valence-corrected chi connectivity index (χ4v) is 7.53. The lowest BCUT2D eigenvalue weighted by atomic mass is 9.77. The Balaban J connectivity index is 1.14. The number of Topliss-reactive ketones (excluding diaryl/α,β-unsaturated/α-hetero) is 1. The lowest BCUT2D eigenvalue weighted by molar-refractivity contribution is -0.129. The second-order valence-electron chi connectivity index (χ2n) is 15.0. The number of hydrogen-bond donors (Lipinski definition) is 5. The van der Waals surface area contributed by atoms with Crippen LogP contribution < -0.4 is 21.7 Å². The summed E-state index contributed by atoms with van der Waals surface area (Å²) in [5.41, 5.74) is 12.0. The van der Waals surface area contributed by atoms with E-state index >= 15 is 0 Å². The van der Waals surface area contributed by atoms with Crippen molar-refractivity contribution >= 4 is 23.3 Å². The van der Waals surface area contributed by atoms with Crippen LogP contribution in [0.15, 0.2) is 66.7 Å². The van der Waals surface area contributed by atoms with Gasteiger partial charge in [0.25, 0.3) is 5.91 Å². The summed E-state index contributed by atoms with van der Waals surface area (Å²) in [6, 6.07) is 21.4. The molecule has 6 rings (SSSR count). The number of aromatic nitrogens is 4. The van der Waals surface area contributed by atoms with Gasteiger partial charge in [0.2, 0.25) is 11.7 Å². The predicted molar refractivity (Wildman–Crippen MR) is 199 cm³/mol. The van der Waals surface area contributed by atoms with Crippen LogP contribution in [0.3, 0.4) is 0 Å². The van der Waals surface area contributed by atoms with Crippen molar-refractivity contribution in [2.24, 2.45) is 28.9 Å². The van der Waals surface area contributed by atoms with E-state index in [4.69, 9.17) is 5.73 Å². The van der Waals surface area contributed by atoms with Crippen LogP contribution in [-0.4, -0.2) is 63.9 Å². The average Bonchev–Trinajstić information content (AvgIpc) is 3.68. The summed E-state index contributed by atoms with van der Waals surface area (Å²) in [5, 5.41) is 23.8. The first kappa shape index (κ1) is 36.1. The third-order valence-electron chi connectivity index (χ3n) is 10.9. The van der Waals surface area contributed by atoms with Crippen molar-refractivity contribution in [1.82, 2.24) is 31.3 Å². The topological polar surface area (TPSA) is 168 Å². The lowest BCUT2D eigenvalue weighted by Crippen LogP contribution is -2.54. The molecule has 2 heterocycles. The van der Waals surface area contributed by atoms with Gasteiger partial charge in [0.1, 0.15) is 5.78 Å². The molecule has 0 bridgehead atoms. The minimum absolute atomic E-state index is 0.00989. The Kier molecular flexibility index (Phi) is 11.4. The number of benzene rings is 3. The molecule has 2 aliphatic rings. The number of carbonyl (C=O) groups is 3. The molecular formula is C40H50N8O3. The number of nitrogens with one attached hydrogen (secondary N) is 4. The average molecular weight is 691 g/mol. The van der Waals surface area contributed by atoms with E-state index in [1.54, 1.807) is 12.1 Å². The molecule has 1 saturated carbocycles. The molecule has 6 N–H and O–H groups in total. The number of H-pyrrole nitrogens is 1. The van der Waals surface area contributed by atoms with E-state index in [0.29, 0.717) is 36.0 Å². The zero-order chi connectivity index (χ0) is 36.0. The summed E-state index contributed by atoms with van der Waals surface area (Å²) in [5.74, 6) is 0.305. The molecule has 11 heteroatoms. The Morgan fingerprint density at radius 3 is 2.31 bits per heavy atom. The summed E-state index contributed by atoms with van der Waals surface area (Å²) in [4.78, 5) is 40.5. The highest BCUT2D eigenvalue weighted by atomic mass is 16.2. The maximum atomic E-state index is 13.8. The third kappa shape index (κ3) is 8.95. The maximum Gasteiger partial charge on any atom is 0.251 e. The van der Waals surface area contributed by atoms with Crippen molar-refractivity contribution in [3.8, 4) is 22.5 Å². The molecule has 0 radical (unpaired) electrons. The number of rotatable bonds is 12. The van der Waals surface area contributed by atoms with Crippen LogP contribution in [0, 0.1) is 30.1 Å². The zero-order valence-electron chi connectivity index (χ0n) is 29.9. The van der Waals surface area contributed by atoms with Gasteiger partial charge < -0.3 is 21.7 Å². The number of amides is 2. The summed E-state index contributed by atoms with van der Waals surface area (Å²) in [6.45, 7) is 8.82. The van der Waals surface area contributed by atoms with E-state index in [1.165, 1.54) is 0 Å². The van der Waals surface area contributed by atoms with E-state index in [2.05, 4.69) is 62.6 Å². The van der Waals surface area contributed by atoms with Gasteiger partial charge >= 0.3 is 0 Å². The molecule has 1 aliphatic carbocycles. The van der Waals surface area contributed by atoms with Crippen LogP contribution in [0.25, 0.3) is 22.5 Å². The van der Waals surface area contributed by atoms with Crippen molar-refractivity contribution in [2.45, 2.75) is 71.8 Å². The number of nitrogens with two attached hydrogens (primary N) is 1. The molecule has 2 atom stereocenters. The van der Waals surface area contributed by atoms with E-state index < -0.39 is 5.92 Å². The van der Waals surface area contributed by atoms with Crippen LogP contribution in [0.1, 0.15) is 73.9 Å². The first-order chi connectivity index (χ1) is 24.6. The van der Waals surface area contributed by atoms with Crippen LogP contribution >= 0.6 is 0 Å². The van der Waals surface area contributed by atoms with Gasteiger partial charge in [-0.2, -0.15) is 5.21 Å². The molecule has 2 amide bonds. The molecule has 51 heavy (non-hydrogen) atoms. The van der Waals surface area contributed by atoms with Crippen molar-refractivity contribution < 1.29 is 14.4 Å². The predicted octanol–water partition coefficient (Wildman–Crippen LogP) is 5.48. The van der Waals surface area contributed by atoms with Crippen LogP contribution in [0.4, 0.5) is 5.69 Å². The van der Waals surface area contributed by atoms with Crippen molar-refractivity contribution in [3.63, 3.8) is 0 Å². The highest BCUT2D eigenvalue weighted by Gasteiger charge is 2.33. The quantitative estimate of drug-likeness (QED) is 0.130. The summed E-state index contributed by atoms with van der Waals surface area (Å²) in [7, 11) is 0. The Bertz CT molecular complexity index is 1800. The Morgan fingerprint density at radius 2 is 1.67 bits per heavy atom. The van der Waals surface area contributed by atoms with Gasteiger partial charge in [0.15, 0.2) is 0 Å². The normalized spacial score (nSPS) is 20.7. The largest absolute Gasteiger partial charge is 0.349 e. The van der Waals surface area contributed by atoms with E-state index in [1.807, 2.05) is 49.4 Å². The van der Waals surface area contributed by atoms with Crippen LogP contribution in [-0.2, 0) is 16.0 Å². The highest BCUT2D eigenvalue weighted by Crippen LogP contribution is 2.32. The fraction of sp³-hybridized carbons (Fsp3) is 0.450. The molecule has 3 aromatic carbocycles. The molecule has 1 aliphatic heterocycles. The number of ketones is 1. The minimum atomic E-state index is -0.531. The number of nitrogens with zero attached hydrogens (tertiary/aromatic N) is 3. The van der Waals surface area contributed by atoms with Gasteiger partial charge in [0, 0.05) is 47.7 Å². The number of piperidine rings is 1. The monoisotopic (exact) mass is 690 g/mol. The molecule has 1 saturated heterocycles. The second-order valence-corrected chi connectivity index (χ2v) is 15.0. The molecular weight excluding hydrogens is 640 g/mol. The molecule has 11 nitrogen and oxygen atoms in total. The van der Waals surface area contributed by atoms with Gasteiger partial charge in [-0.3, -0.25) is 14.4 Å². The van der Waals surface area contributed by atoms with E-state index in [0.717, 1.165) is 73.0 Å². The second kappa shape index (κ2) is 16.1. The Morgan fingerprint density at radius 1 is 0.941 bits per heavy atom. The first-order valence-corrected chi connectivity index (χ1v) is 18.2. The Labute approximate surface area is 300 Å². The van der Waals surface area contributed by atoms with Crippen molar-refractivity contribution in [2.75, 3.05) is 25.0 Å². The van der Waals surface area contributed by atoms with Crippen LogP contribution in [0.5, 0.6) is 0 Å². The molecule has 1 unspecified atom stereocenters. The highest BCUT2D eigenvalue weighted by molar-refractivity contribution is 5.96. The van der Waals surface area contributed by atoms with Crippen LogP contribution in [0.2, 0.25) is 0 Å². The van der Waals surface area contributed by atoms with Gasteiger partial charge in [-0.15, -0.1) is 10.2 Å². The van der Waals surface area contributed by atoms with Gasteiger partial charge in [-0.1, -0.05) is 44.2 Å². The molecule has 4 aromatic rings. The lowest BCUT2D eigenvalue weighted by Gasteiger charge is -2.39. The minimum Gasteiger partial charge on any atom is -0.349 e. The third-order valence-corrected chi connectivity index (χ3v) is 10.9. The van der Waals surface area contributed by atoms with E-state index in [-0.39, 0.29) is 41.4 Å². The van der Waals surface area contributed by atoms with Gasteiger partial charge in [0.05, 0.1) is 0 Å². The van der Waals surface area contributed by atoms with Gasteiger partial charge in [-0.05, 0) is 134 Å². The maximum absolute atomic E-state index is 13.8. The van der Waals surface area contributed by atoms with Crippen molar-refractivity contribution in [1.29, 1.82) is 0 Å². The molecule has 268 valence electrons. The fourth-order valence-electron chi connectivity index (χ4n) is 7.53. The summed E-state index contributed by atoms with van der Waals surface area (Å²) >= 11 is 0. The van der Waals surface area contributed by atoms with Crippen molar-refractivity contribution in [3.05, 3.63) is 83.4 Å². The molecule has 1 aromatic heterocycles. The number of tetrazole rings is 1. The molecule has 0 spiro atoms. The number of aromatic amines is 1. The summed E-state index contributed by atoms with van der Waals surface area (Å²) < 4.78 is 0. The number of aryl methyl sites for hydroxylation is 1. The first-order valence-electron chi connectivity index (χ1n) is 18.2. The zero-order valence-corrected chi connectivity index (χ0v) is 29.9. The number of anilines is 1. The smallest absolute Gasteiger partial charge is 0.251 e. The Hall–Kier alpha value is -4.74. The molecule has 2 fully saturated rings. The van der Waals surface area contributed by atoms with Gasteiger partial charge in [-0.25, -0.2) is 0 Å². The van der Waals surface area contributed by atoms with E-state index in [9.17, 15) is 14.4 Å². The number of hydrogen-bond acceptors (Lipinski definition) is 8. The summed E-state index contributed by atoms with van der Waals surface area (Å²) in [6.07, 6.45) is 5.10. The number of carbonyl (C=O) groups excluding carboxylic acids is 3.